The molecule has 124 valence electrons. The van der Waals surface area contributed by atoms with Crippen molar-refractivity contribution >= 4 is 16.9 Å². The number of rotatable bonds is 5. The molecule has 2 aromatic rings. The molecule has 23 heavy (non-hydrogen) atoms. The van der Waals surface area contributed by atoms with Crippen LogP contribution in [0.15, 0.2) is 24.4 Å². The van der Waals surface area contributed by atoms with Crippen molar-refractivity contribution < 1.29 is 9.53 Å². The zero-order valence-corrected chi connectivity index (χ0v) is 14.0. The van der Waals surface area contributed by atoms with E-state index in [0.29, 0.717) is 0 Å². The van der Waals surface area contributed by atoms with E-state index in [9.17, 15) is 4.79 Å². The Morgan fingerprint density at radius 1 is 1.30 bits per heavy atom. The van der Waals surface area contributed by atoms with E-state index < -0.39 is 0 Å². The van der Waals surface area contributed by atoms with Gasteiger partial charge < -0.3 is 19.5 Å². The number of carbonyl (C=O) groups excluding carboxylic acids is 1. The lowest BCUT2D eigenvalue weighted by molar-refractivity contribution is -0.141. The lowest BCUT2D eigenvalue weighted by Gasteiger charge is -2.26. The number of aromatic nitrogens is 1. The van der Waals surface area contributed by atoms with Crippen molar-refractivity contribution in [1.29, 1.82) is 0 Å². The van der Waals surface area contributed by atoms with Gasteiger partial charge in [-0.2, -0.15) is 0 Å². The Hall–Kier alpha value is -1.85. The summed E-state index contributed by atoms with van der Waals surface area (Å²) < 4.78 is 6.84. The van der Waals surface area contributed by atoms with Crippen molar-refractivity contribution in [2.24, 2.45) is 0 Å². The third kappa shape index (κ3) is 3.74. The van der Waals surface area contributed by atoms with E-state index in [0.717, 1.165) is 44.7 Å². The molecule has 5 heteroatoms. The van der Waals surface area contributed by atoms with Crippen LogP contribution in [0.3, 0.4) is 0 Å². The number of nitrogens with zero attached hydrogens (tertiary/aromatic N) is 2. The molecule has 1 fully saturated rings. The van der Waals surface area contributed by atoms with Crippen LogP contribution in [0, 0.1) is 6.92 Å². The number of piperazine rings is 1. The molecule has 1 aliphatic rings. The molecule has 0 bridgehead atoms. The Bertz CT molecular complexity index is 687. The molecule has 0 saturated carbocycles. The second kappa shape index (κ2) is 7.15. The molecule has 0 atom stereocenters. The Morgan fingerprint density at radius 2 is 2.09 bits per heavy atom. The third-order valence-electron chi connectivity index (χ3n) is 4.55. The maximum atomic E-state index is 11.7. The molecule has 0 spiro atoms. The minimum atomic E-state index is -0.211. The number of ether oxygens (including phenoxy) is 1. The smallest absolute Gasteiger partial charge is 0.325 e. The quantitative estimate of drug-likeness (QED) is 0.851. The Labute approximate surface area is 137 Å². The second-order valence-corrected chi connectivity index (χ2v) is 6.22. The lowest BCUT2D eigenvalue weighted by atomic mass is 10.1. The summed E-state index contributed by atoms with van der Waals surface area (Å²) in [6.07, 6.45) is 3.12. The molecule has 1 aliphatic heterocycles. The fourth-order valence-electron chi connectivity index (χ4n) is 3.23. The standard InChI is InChI=1S/C18H25N3O2/c1-14-3-4-16-15(5-8-20-9-6-19-7-10-20)12-21(17(16)11-14)13-18(22)23-2/h3-4,11-12,19H,5-10,13H2,1-2H3. The van der Waals surface area contributed by atoms with Crippen LogP contribution in [-0.2, 0) is 22.5 Å². The van der Waals surface area contributed by atoms with Gasteiger partial charge in [-0.15, -0.1) is 0 Å². The number of benzene rings is 1. The van der Waals surface area contributed by atoms with Gasteiger partial charge in [0.15, 0.2) is 0 Å². The van der Waals surface area contributed by atoms with Gasteiger partial charge in [-0.1, -0.05) is 12.1 Å². The Morgan fingerprint density at radius 3 is 2.83 bits per heavy atom. The highest BCUT2D eigenvalue weighted by atomic mass is 16.5. The highest BCUT2D eigenvalue weighted by Crippen LogP contribution is 2.23. The van der Waals surface area contributed by atoms with E-state index >= 15 is 0 Å². The first kappa shape index (κ1) is 16.0. The molecular weight excluding hydrogens is 290 g/mol. The molecule has 5 nitrogen and oxygen atoms in total. The van der Waals surface area contributed by atoms with E-state index in [1.165, 1.54) is 23.6 Å². The molecule has 1 aromatic carbocycles. The normalized spacial score (nSPS) is 15.9. The van der Waals surface area contributed by atoms with Gasteiger partial charge in [-0.25, -0.2) is 0 Å². The first-order valence-corrected chi connectivity index (χ1v) is 8.25. The summed E-state index contributed by atoms with van der Waals surface area (Å²) in [6.45, 7) is 7.78. The van der Waals surface area contributed by atoms with Crippen LogP contribution in [0.5, 0.6) is 0 Å². The van der Waals surface area contributed by atoms with Gasteiger partial charge in [0.25, 0.3) is 0 Å². The summed E-state index contributed by atoms with van der Waals surface area (Å²) in [4.78, 5) is 14.2. The van der Waals surface area contributed by atoms with Crippen LogP contribution in [0.2, 0.25) is 0 Å². The monoisotopic (exact) mass is 315 g/mol. The molecule has 1 saturated heterocycles. The van der Waals surface area contributed by atoms with Gasteiger partial charge in [-0.05, 0) is 30.5 Å². The number of carbonyl (C=O) groups is 1. The number of hydrogen-bond donors (Lipinski definition) is 1. The molecule has 0 unspecified atom stereocenters. The van der Waals surface area contributed by atoms with E-state index in [1.807, 2.05) is 4.57 Å². The van der Waals surface area contributed by atoms with Gasteiger partial charge in [0.2, 0.25) is 0 Å². The third-order valence-corrected chi connectivity index (χ3v) is 4.55. The van der Waals surface area contributed by atoms with Gasteiger partial charge in [0.05, 0.1) is 7.11 Å². The van der Waals surface area contributed by atoms with Crippen molar-refractivity contribution in [3.63, 3.8) is 0 Å². The molecular formula is C18H25N3O2. The number of nitrogens with one attached hydrogen (secondary N) is 1. The molecule has 2 heterocycles. The molecule has 1 N–H and O–H groups in total. The van der Waals surface area contributed by atoms with Crippen LogP contribution in [0.25, 0.3) is 10.9 Å². The number of aryl methyl sites for hydroxylation is 1. The van der Waals surface area contributed by atoms with Crippen molar-refractivity contribution in [3.05, 3.63) is 35.5 Å². The van der Waals surface area contributed by atoms with E-state index in [4.69, 9.17) is 4.74 Å². The molecule has 0 aliphatic carbocycles. The predicted molar refractivity (Wildman–Crippen MR) is 91.7 cm³/mol. The minimum absolute atomic E-state index is 0.211. The van der Waals surface area contributed by atoms with Gasteiger partial charge in [0, 0.05) is 49.8 Å². The average Bonchev–Trinajstić information content (AvgIpc) is 2.90. The summed E-state index contributed by atoms with van der Waals surface area (Å²) in [5, 5.41) is 4.63. The second-order valence-electron chi connectivity index (χ2n) is 6.22. The number of methoxy groups -OCH3 is 1. The largest absolute Gasteiger partial charge is 0.468 e. The topological polar surface area (TPSA) is 46.5 Å². The fraction of sp³-hybridized carbons (Fsp3) is 0.500. The van der Waals surface area contributed by atoms with Crippen LogP contribution in [0.1, 0.15) is 11.1 Å². The number of esters is 1. The van der Waals surface area contributed by atoms with E-state index in [1.54, 1.807) is 0 Å². The minimum Gasteiger partial charge on any atom is -0.468 e. The molecule has 0 radical (unpaired) electrons. The summed E-state index contributed by atoms with van der Waals surface area (Å²) in [6, 6.07) is 6.46. The van der Waals surface area contributed by atoms with Gasteiger partial charge >= 0.3 is 5.97 Å². The average molecular weight is 315 g/mol. The van der Waals surface area contributed by atoms with Crippen LogP contribution >= 0.6 is 0 Å². The highest BCUT2D eigenvalue weighted by Gasteiger charge is 2.14. The van der Waals surface area contributed by atoms with Crippen LogP contribution in [0.4, 0.5) is 0 Å². The number of fused-ring (bicyclic) bond motifs is 1. The molecule has 0 amide bonds. The lowest BCUT2D eigenvalue weighted by Crippen LogP contribution is -2.44. The zero-order chi connectivity index (χ0) is 16.2. The highest BCUT2D eigenvalue weighted by molar-refractivity contribution is 5.86. The SMILES string of the molecule is COC(=O)Cn1cc(CCN2CCNCC2)c2ccc(C)cc21. The maximum Gasteiger partial charge on any atom is 0.325 e. The van der Waals surface area contributed by atoms with Crippen molar-refractivity contribution in [3.8, 4) is 0 Å². The predicted octanol–water partition coefficient (Wildman–Crippen LogP) is 1.57. The fourth-order valence-corrected chi connectivity index (χ4v) is 3.23. The Balaban J connectivity index is 1.82. The van der Waals surface area contributed by atoms with Crippen molar-refractivity contribution in [2.45, 2.75) is 19.9 Å². The maximum absolute atomic E-state index is 11.7. The summed E-state index contributed by atoms with van der Waals surface area (Å²) >= 11 is 0. The number of hydrogen-bond acceptors (Lipinski definition) is 4. The summed E-state index contributed by atoms with van der Waals surface area (Å²) in [7, 11) is 1.44. The van der Waals surface area contributed by atoms with Crippen molar-refractivity contribution in [2.75, 3.05) is 39.8 Å². The molecule has 3 rings (SSSR count). The summed E-state index contributed by atoms with van der Waals surface area (Å²) in [5.74, 6) is -0.211. The van der Waals surface area contributed by atoms with E-state index in [-0.39, 0.29) is 12.5 Å². The van der Waals surface area contributed by atoms with Gasteiger partial charge in [-0.3, -0.25) is 4.79 Å². The van der Waals surface area contributed by atoms with E-state index in [2.05, 4.69) is 41.5 Å². The first-order valence-electron chi connectivity index (χ1n) is 8.25. The Kier molecular flexibility index (Phi) is 4.98. The zero-order valence-electron chi connectivity index (χ0n) is 14.0. The van der Waals surface area contributed by atoms with Gasteiger partial charge in [0.1, 0.15) is 6.54 Å². The van der Waals surface area contributed by atoms with Crippen LogP contribution in [-0.4, -0.2) is 55.3 Å². The first-order chi connectivity index (χ1) is 11.2. The summed E-state index contributed by atoms with van der Waals surface area (Å²) in [5.41, 5.74) is 3.63. The molecule has 1 aromatic heterocycles. The van der Waals surface area contributed by atoms with Crippen molar-refractivity contribution in [1.82, 2.24) is 14.8 Å². The van der Waals surface area contributed by atoms with Crippen LogP contribution < -0.4 is 5.32 Å².